The molecular formula is C16H22O2. The molecule has 1 saturated carbocycles. The van der Waals surface area contributed by atoms with Crippen LogP contribution in [0.25, 0.3) is 0 Å². The molecule has 0 bridgehead atoms. The van der Waals surface area contributed by atoms with Gasteiger partial charge in [0.2, 0.25) is 0 Å². The van der Waals surface area contributed by atoms with E-state index in [-0.39, 0.29) is 11.5 Å². The summed E-state index contributed by atoms with van der Waals surface area (Å²) >= 11 is 0. The molecule has 2 nitrogen and oxygen atoms in total. The highest BCUT2D eigenvalue weighted by Gasteiger charge is 2.45. The highest BCUT2D eigenvalue weighted by atomic mass is 16.5. The Hall–Kier alpha value is -1.15. The van der Waals surface area contributed by atoms with E-state index in [9.17, 15) is 4.79 Å². The summed E-state index contributed by atoms with van der Waals surface area (Å²) in [6.07, 6.45) is 4.89. The number of hydrogen-bond donors (Lipinski definition) is 0. The zero-order valence-corrected chi connectivity index (χ0v) is 11.3. The summed E-state index contributed by atoms with van der Waals surface area (Å²) < 4.78 is 5.82. The Bertz CT molecular complexity index is 391. The monoisotopic (exact) mass is 246 g/mol. The van der Waals surface area contributed by atoms with Crippen molar-refractivity contribution in [1.82, 2.24) is 0 Å². The summed E-state index contributed by atoms with van der Waals surface area (Å²) in [7, 11) is 1.75. The number of rotatable bonds is 5. The molecule has 1 aromatic carbocycles. The smallest absolute Gasteiger partial charge is 0.142 e. The van der Waals surface area contributed by atoms with Crippen molar-refractivity contribution in [2.45, 2.75) is 50.5 Å². The van der Waals surface area contributed by atoms with E-state index in [1.165, 1.54) is 0 Å². The van der Waals surface area contributed by atoms with Crippen LogP contribution in [0.3, 0.4) is 0 Å². The van der Waals surface area contributed by atoms with Crippen LogP contribution in [0.5, 0.6) is 0 Å². The van der Waals surface area contributed by atoms with Crippen LogP contribution in [-0.4, -0.2) is 18.5 Å². The van der Waals surface area contributed by atoms with Crippen molar-refractivity contribution in [3.05, 3.63) is 35.9 Å². The Balaban J connectivity index is 2.39. The predicted octanol–water partition coefficient (Wildman–Crippen LogP) is 3.71. The molecule has 1 unspecified atom stereocenters. The Morgan fingerprint density at radius 1 is 1.28 bits per heavy atom. The second kappa shape index (κ2) is 5.66. The van der Waals surface area contributed by atoms with Gasteiger partial charge in [-0.1, -0.05) is 50.1 Å². The fraction of sp³-hybridized carbons (Fsp3) is 0.562. The molecule has 1 aliphatic rings. The SMILES string of the molecule is CCC(=O)C(c1ccccc1)C1(OC)CCCC1. The Kier molecular flexibility index (Phi) is 4.18. The normalized spacial score (nSPS) is 19.7. The summed E-state index contributed by atoms with van der Waals surface area (Å²) in [5, 5.41) is 0. The van der Waals surface area contributed by atoms with Crippen molar-refractivity contribution in [3.8, 4) is 0 Å². The maximum absolute atomic E-state index is 12.4. The van der Waals surface area contributed by atoms with E-state index >= 15 is 0 Å². The van der Waals surface area contributed by atoms with Gasteiger partial charge in [-0.05, 0) is 18.4 Å². The standard InChI is InChI=1S/C16H22O2/c1-3-14(17)15(13-9-5-4-6-10-13)16(18-2)11-7-8-12-16/h4-6,9-10,15H,3,7-8,11-12H2,1-2H3. The summed E-state index contributed by atoms with van der Waals surface area (Å²) in [4.78, 5) is 12.4. The summed E-state index contributed by atoms with van der Waals surface area (Å²) in [5.41, 5.74) is 0.835. The molecular weight excluding hydrogens is 224 g/mol. The lowest BCUT2D eigenvalue weighted by atomic mass is 9.77. The third-order valence-corrected chi connectivity index (χ3v) is 4.19. The van der Waals surface area contributed by atoms with E-state index in [4.69, 9.17) is 4.74 Å². The molecule has 0 amide bonds. The predicted molar refractivity (Wildman–Crippen MR) is 72.7 cm³/mol. The lowest BCUT2D eigenvalue weighted by Crippen LogP contribution is -2.39. The average molecular weight is 246 g/mol. The number of methoxy groups -OCH3 is 1. The van der Waals surface area contributed by atoms with Gasteiger partial charge < -0.3 is 4.74 Å². The minimum Gasteiger partial charge on any atom is -0.377 e. The van der Waals surface area contributed by atoms with E-state index in [0.717, 1.165) is 31.2 Å². The number of hydrogen-bond acceptors (Lipinski definition) is 2. The average Bonchev–Trinajstić information content (AvgIpc) is 2.90. The lowest BCUT2D eigenvalue weighted by Gasteiger charge is -2.35. The van der Waals surface area contributed by atoms with Crippen LogP contribution in [0.4, 0.5) is 0 Å². The number of carbonyl (C=O) groups is 1. The van der Waals surface area contributed by atoms with Gasteiger partial charge in [0.1, 0.15) is 5.78 Å². The third-order valence-electron chi connectivity index (χ3n) is 4.19. The summed E-state index contributed by atoms with van der Waals surface area (Å²) in [6, 6.07) is 10.1. The van der Waals surface area contributed by atoms with Gasteiger partial charge in [0.05, 0.1) is 11.5 Å². The molecule has 0 heterocycles. The highest BCUT2D eigenvalue weighted by molar-refractivity contribution is 5.87. The molecule has 1 fully saturated rings. The minimum atomic E-state index is -0.269. The van der Waals surface area contributed by atoms with Crippen LogP contribution < -0.4 is 0 Å². The van der Waals surface area contributed by atoms with Gasteiger partial charge in [0.15, 0.2) is 0 Å². The molecule has 0 aromatic heterocycles. The van der Waals surface area contributed by atoms with Crippen molar-refractivity contribution in [3.63, 3.8) is 0 Å². The van der Waals surface area contributed by atoms with Crippen LogP contribution in [-0.2, 0) is 9.53 Å². The lowest BCUT2D eigenvalue weighted by molar-refractivity contribution is -0.128. The van der Waals surface area contributed by atoms with Crippen LogP contribution in [0, 0.1) is 0 Å². The Labute approximate surface area is 109 Å². The van der Waals surface area contributed by atoms with E-state index < -0.39 is 0 Å². The highest BCUT2D eigenvalue weighted by Crippen LogP contribution is 2.44. The van der Waals surface area contributed by atoms with E-state index in [1.54, 1.807) is 7.11 Å². The fourth-order valence-corrected chi connectivity index (χ4v) is 3.22. The topological polar surface area (TPSA) is 26.3 Å². The number of ether oxygens (including phenoxy) is 1. The van der Waals surface area contributed by atoms with Crippen molar-refractivity contribution in [2.75, 3.05) is 7.11 Å². The van der Waals surface area contributed by atoms with Crippen LogP contribution in [0.15, 0.2) is 30.3 Å². The second-order valence-electron chi connectivity index (χ2n) is 5.14. The summed E-state index contributed by atoms with van der Waals surface area (Å²) in [5.74, 6) is 0.196. The first-order valence-electron chi connectivity index (χ1n) is 6.86. The minimum absolute atomic E-state index is 0.101. The molecule has 1 aliphatic carbocycles. The van der Waals surface area contributed by atoms with Gasteiger partial charge in [-0.15, -0.1) is 0 Å². The zero-order chi connectivity index (χ0) is 13.0. The molecule has 2 rings (SSSR count). The molecule has 1 aromatic rings. The second-order valence-corrected chi connectivity index (χ2v) is 5.14. The Morgan fingerprint density at radius 3 is 2.39 bits per heavy atom. The van der Waals surface area contributed by atoms with Gasteiger partial charge in [-0.25, -0.2) is 0 Å². The first kappa shape index (κ1) is 13.3. The molecule has 0 radical (unpaired) electrons. The van der Waals surface area contributed by atoms with Gasteiger partial charge in [-0.3, -0.25) is 4.79 Å². The molecule has 0 spiro atoms. The Morgan fingerprint density at radius 2 is 1.89 bits per heavy atom. The largest absolute Gasteiger partial charge is 0.377 e. The maximum Gasteiger partial charge on any atom is 0.142 e. The maximum atomic E-state index is 12.4. The van der Waals surface area contributed by atoms with E-state index in [2.05, 4.69) is 12.1 Å². The van der Waals surface area contributed by atoms with E-state index in [0.29, 0.717) is 12.2 Å². The number of Topliss-reactive ketones (excluding diaryl/α,β-unsaturated/α-hetero) is 1. The van der Waals surface area contributed by atoms with Crippen LogP contribution in [0.1, 0.15) is 50.5 Å². The van der Waals surface area contributed by atoms with Crippen molar-refractivity contribution < 1.29 is 9.53 Å². The van der Waals surface area contributed by atoms with Gasteiger partial charge in [-0.2, -0.15) is 0 Å². The fourth-order valence-electron chi connectivity index (χ4n) is 3.22. The van der Waals surface area contributed by atoms with Crippen molar-refractivity contribution in [1.29, 1.82) is 0 Å². The van der Waals surface area contributed by atoms with Crippen molar-refractivity contribution >= 4 is 5.78 Å². The molecule has 98 valence electrons. The van der Waals surface area contributed by atoms with Gasteiger partial charge in [0.25, 0.3) is 0 Å². The molecule has 18 heavy (non-hydrogen) atoms. The third kappa shape index (κ3) is 2.35. The molecule has 0 N–H and O–H groups in total. The number of ketones is 1. The number of benzene rings is 1. The first-order valence-corrected chi connectivity index (χ1v) is 6.86. The zero-order valence-electron chi connectivity index (χ0n) is 11.3. The quantitative estimate of drug-likeness (QED) is 0.791. The number of carbonyl (C=O) groups excluding carboxylic acids is 1. The van der Waals surface area contributed by atoms with E-state index in [1.807, 2.05) is 25.1 Å². The first-order chi connectivity index (χ1) is 8.73. The van der Waals surface area contributed by atoms with Crippen LogP contribution in [0.2, 0.25) is 0 Å². The molecule has 1 atom stereocenters. The molecule has 0 aliphatic heterocycles. The van der Waals surface area contributed by atoms with Crippen LogP contribution >= 0.6 is 0 Å². The molecule has 0 saturated heterocycles. The van der Waals surface area contributed by atoms with Crippen molar-refractivity contribution in [2.24, 2.45) is 0 Å². The summed E-state index contributed by atoms with van der Waals surface area (Å²) in [6.45, 7) is 1.94. The molecule has 2 heteroatoms. The van der Waals surface area contributed by atoms with Gasteiger partial charge >= 0.3 is 0 Å². The van der Waals surface area contributed by atoms with Gasteiger partial charge in [0, 0.05) is 13.5 Å².